The number of aromatic nitrogens is 2. The SMILES string of the molecule is COc1c(CN=C(N)NC(C)(C)C)c(C)nn1C. The molecule has 0 radical (unpaired) electrons. The summed E-state index contributed by atoms with van der Waals surface area (Å²) >= 11 is 0. The van der Waals surface area contributed by atoms with Crippen molar-refractivity contribution in [2.45, 2.75) is 39.8 Å². The summed E-state index contributed by atoms with van der Waals surface area (Å²) in [7, 11) is 3.47. The average molecular weight is 253 g/mol. The minimum Gasteiger partial charge on any atom is -0.481 e. The molecular weight excluding hydrogens is 230 g/mol. The first kappa shape index (κ1) is 14.3. The molecule has 0 atom stereocenters. The third-order valence-corrected chi connectivity index (χ3v) is 2.39. The number of aryl methyl sites for hydroxylation is 2. The van der Waals surface area contributed by atoms with Crippen LogP contribution >= 0.6 is 0 Å². The molecule has 0 spiro atoms. The fourth-order valence-corrected chi connectivity index (χ4v) is 1.71. The molecule has 0 saturated heterocycles. The third-order valence-electron chi connectivity index (χ3n) is 2.39. The second kappa shape index (κ2) is 5.29. The van der Waals surface area contributed by atoms with Crippen LogP contribution in [-0.2, 0) is 13.6 Å². The van der Waals surface area contributed by atoms with Gasteiger partial charge in [-0.15, -0.1) is 0 Å². The van der Waals surface area contributed by atoms with E-state index in [1.807, 2.05) is 34.7 Å². The van der Waals surface area contributed by atoms with Crippen molar-refractivity contribution in [1.29, 1.82) is 0 Å². The summed E-state index contributed by atoms with van der Waals surface area (Å²) in [5, 5.41) is 7.41. The van der Waals surface area contributed by atoms with Crippen LogP contribution < -0.4 is 15.8 Å². The van der Waals surface area contributed by atoms with Gasteiger partial charge < -0.3 is 15.8 Å². The Hall–Kier alpha value is -1.72. The van der Waals surface area contributed by atoms with E-state index in [1.54, 1.807) is 11.8 Å². The quantitative estimate of drug-likeness (QED) is 0.621. The number of rotatable bonds is 3. The van der Waals surface area contributed by atoms with Gasteiger partial charge in [0, 0.05) is 12.6 Å². The van der Waals surface area contributed by atoms with Crippen LogP contribution in [0.3, 0.4) is 0 Å². The number of guanidine groups is 1. The number of hydrogen-bond acceptors (Lipinski definition) is 3. The predicted octanol–water partition coefficient (Wildman–Crippen LogP) is 0.940. The standard InChI is InChI=1S/C12H23N5O/c1-8-9(10(18-6)17(5)16-8)7-14-11(13)15-12(2,3)4/h7H2,1-6H3,(H3,13,14,15). The van der Waals surface area contributed by atoms with Crippen molar-refractivity contribution in [2.75, 3.05) is 7.11 Å². The van der Waals surface area contributed by atoms with E-state index in [0.29, 0.717) is 12.5 Å². The zero-order valence-electron chi connectivity index (χ0n) is 12.0. The number of methoxy groups -OCH3 is 1. The highest BCUT2D eigenvalue weighted by atomic mass is 16.5. The first-order chi connectivity index (χ1) is 8.24. The molecule has 0 aliphatic carbocycles. The van der Waals surface area contributed by atoms with Crippen LogP contribution in [0.25, 0.3) is 0 Å². The van der Waals surface area contributed by atoms with Crippen molar-refractivity contribution in [2.24, 2.45) is 17.8 Å². The molecule has 1 rings (SSSR count). The van der Waals surface area contributed by atoms with Gasteiger partial charge in [-0.1, -0.05) is 0 Å². The van der Waals surface area contributed by atoms with Crippen LogP contribution in [-0.4, -0.2) is 28.4 Å². The molecule has 1 aromatic heterocycles. The number of nitrogens with zero attached hydrogens (tertiary/aromatic N) is 3. The van der Waals surface area contributed by atoms with Gasteiger partial charge in [-0.05, 0) is 27.7 Å². The van der Waals surface area contributed by atoms with Crippen LogP contribution in [0.1, 0.15) is 32.0 Å². The highest BCUT2D eigenvalue weighted by molar-refractivity contribution is 5.78. The van der Waals surface area contributed by atoms with Crippen molar-refractivity contribution in [1.82, 2.24) is 15.1 Å². The molecule has 18 heavy (non-hydrogen) atoms. The first-order valence-corrected chi connectivity index (χ1v) is 5.89. The van der Waals surface area contributed by atoms with Gasteiger partial charge in [-0.3, -0.25) is 0 Å². The predicted molar refractivity (Wildman–Crippen MR) is 72.7 cm³/mol. The van der Waals surface area contributed by atoms with Crippen LogP contribution in [0.2, 0.25) is 0 Å². The van der Waals surface area contributed by atoms with Crippen LogP contribution in [0.15, 0.2) is 4.99 Å². The lowest BCUT2D eigenvalue weighted by molar-refractivity contribution is 0.369. The maximum absolute atomic E-state index is 5.83. The van der Waals surface area contributed by atoms with Crippen molar-refractivity contribution in [3.05, 3.63) is 11.3 Å². The fourth-order valence-electron chi connectivity index (χ4n) is 1.71. The molecule has 0 bridgehead atoms. The van der Waals surface area contributed by atoms with E-state index >= 15 is 0 Å². The largest absolute Gasteiger partial charge is 0.481 e. The molecule has 0 aliphatic rings. The Morgan fingerprint density at radius 1 is 1.50 bits per heavy atom. The van der Waals surface area contributed by atoms with Gasteiger partial charge in [0.25, 0.3) is 0 Å². The van der Waals surface area contributed by atoms with E-state index in [0.717, 1.165) is 17.1 Å². The minimum atomic E-state index is -0.0956. The molecule has 0 amide bonds. The van der Waals surface area contributed by atoms with Crippen LogP contribution in [0.5, 0.6) is 5.88 Å². The van der Waals surface area contributed by atoms with Gasteiger partial charge in [0.1, 0.15) is 0 Å². The minimum absolute atomic E-state index is 0.0956. The lowest BCUT2D eigenvalue weighted by atomic mass is 10.1. The zero-order chi connectivity index (χ0) is 13.9. The number of ether oxygens (including phenoxy) is 1. The third kappa shape index (κ3) is 3.65. The van der Waals surface area contributed by atoms with Crippen molar-refractivity contribution in [3.63, 3.8) is 0 Å². The van der Waals surface area contributed by atoms with Gasteiger partial charge in [0.2, 0.25) is 5.88 Å². The molecular formula is C12H23N5O. The topological polar surface area (TPSA) is 77.5 Å². The molecule has 3 N–H and O–H groups in total. The van der Waals surface area contributed by atoms with Gasteiger partial charge >= 0.3 is 0 Å². The van der Waals surface area contributed by atoms with Crippen molar-refractivity contribution in [3.8, 4) is 5.88 Å². The van der Waals surface area contributed by atoms with Crippen molar-refractivity contribution >= 4 is 5.96 Å². The summed E-state index contributed by atoms with van der Waals surface area (Å²) in [4.78, 5) is 4.31. The summed E-state index contributed by atoms with van der Waals surface area (Å²) in [6.07, 6.45) is 0. The van der Waals surface area contributed by atoms with E-state index in [1.165, 1.54) is 0 Å². The zero-order valence-corrected chi connectivity index (χ0v) is 12.0. The molecule has 6 nitrogen and oxygen atoms in total. The lowest BCUT2D eigenvalue weighted by Gasteiger charge is -2.20. The Morgan fingerprint density at radius 2 is 2.11 bits per heavy atom. The molecule has 102 valence electrons. The number of nitrogens with two attached hydrogens (primary N) is 1. The van der Waals surface area contributed by atoms with E-state index in [2.05, 4.69) is 15.4 Å². The second-order valence-corrected chi connectivity index (χ2v) is 5.27. The molecule has 0 aliphatic heterocycles. The van der Waals surface area contributed by atoms with Gasteiger partial charge in [0.15, 0.2) is 5.96 Å². The summed E-state index contributed by atoms with van der Waals surface area (Å²) in [6, 6.07) is 0. The van der Waals surface area contributed by atoms with E-state index in [9.17, 15) is 0 Å². The molecule has 0 unspecified atom stereocenters. The smallest absolute Gasteiger partial charge is 0.216 e. The van der Waals surface area contributed by atoms with Crippen LogP contribution in [0.4, 0.5) is 0 Å². The van der Waals surface area contributed by atoms with Crippen molar-refractivity contribution < 1.29 is 4.74 Å². The normalized spacial score (nSPS) is 12.7. The van der Waals surface area contributed by atoms with Gasteiger partial charge in [-0.2, -0.15) is 5.10 Å². The monoisotopic (exact) mass is 253 g/mol. The molecule has 1 heterocycles. The summed E-state index contributed by atoms with van der Waals surface area (Å²) in [6.45, 7) is 8.49. The lowest BCUT2D eigenvalue weighted by Crippen LogP contribution is -2.44. The van der Waals surface area contributed by atoms with Gasteiger partial charge in [0.05, 0.1) is 24.9 Å². The molecule has 0 fully saturated rings. The number of nitrogens with one attached hydrogen (secondary N) is 1. The average Bonchev–Trinajstić information content (AvgIpc) is 2.47. The molecule has 0 aromatic carbocycles. The fraction of sp³-hybridized carbons (Fsp3) is 0.667. The Labute approximate surface area is 108 Å². The highest BCUT2D eigenvalue weighted by Crippen LogP contribution is 2.21. The maximum atomic E-state index is 5.83. The summed E-state index contributed by atoms with van der Waals surface area (Å²) in [5.41, 5.74) is 7.59. The molecule has 1 aromatic rings. The Balaban J connectivity index is 2.83. The summed E-state index contributed by atoms with van der Waals surface area (Å²) in [5.74, 6) is 1.15. The number of hydrogen-bond donors (Lipinski definition) is 2. The van der Waals surface area contributed by atoms with Gasteiger partial charge in [-0.25, -0.2) is 9.67 Å². The number of aliphatic imine (C=N–C) groups is 1. The maximum Gasteiger partial charge on any atom is 0.216 e. The molecule has 6 heteroatoms. The van der Waals surface area contributed by atoms with E-state index < -0.39 is 0 Å². The first-order valence-electron chi connectivity index (χ1n) is 5.89. The Bertz CT molecular complexity index is 442. The molecule has 0 saturated carbocycles. The summed E-state index contributed by atoms with van der Waals surface area (Å²) < 4.78 is 7.00. The van der Waals surface area contributed by atoms with Crippen LogP contribution in [0, 0.1) is 6.92 Å². The Morgan fingerprint density at radius 3 is 2.61 bits per heavy atom. The van der Waals surface area contributed by atoms with E-state index in [-0.39, 0.29) is 5.54 Å². The Kier molecular flexibility index (Phi) is 4.21. The van der Waals surface area contributed by atoms with E-state index in [4.69, 9.17) is 10.5 Å². The second-order valence-electron chi connectivity index (χ2n) is 5.27. The highest BCUT2D eigenvalue weighted by Gasteiger charge is 2.14.